The van der Waals surface area contributed by atoms with E-state index in [2.05, 4.69) is 0 Å². The maximum Gasteiger partial charge on any atom is 0.188 e. The molecule has 1 saturated heterocycles. The monoisotopic (exact) mass is 190 g/mol. The van der Waals surface area contributed by atoms with Gasteiger partial charge in [-0.15, -0.1) is 0 Å². The number of rotatable bonds is 3. The van der Waals surface area contributed by atoms with E-state index in [0.717, 1.165) is 19.6 Å². The lowest BCUT2D eigenvalue weighted by molar-refractivity contribution is -0.181. The quantitative estimate of drug-likeness (QED) is 0.674. The zero-order valence-corrected chi connectivity index (χ0v) is 8.06. The fraction of sp³-hybridized carbons (Fsp3) is 0.875. The number of thioether (sulfide) groups is 1. The van der Waals surface area contributed by atoms with Gasteiger partial charge < -0.3 is 9.47 Å². The summed E-state index contributed by atoms with van der Waals surface area (Å²) in [5.41, 5.74) is 0. The van der Waals surface area contributed by atoms with Gasteiger partial charge in [0.05, 0.1) is 13.2 Å². The van der Waals surface area contributed by atoms with Crippen LogP contribution in [0.3, 0.4) is 0 Å². The first-order valence-corrected chi connectivity index (χ1v) is 5.35. The van der Waals surface area contributed by atoms with Crippen LogP contribution >= 0.6 is 11.8 Å². The number of hydrogen-bond donors (Lipinski definition) is 0. The average Bonchev–Trinajstić information content (AvgIpc) is 2.16. The highest BCUT2D eigenvalue weighted by atomic mass is 32.2. The van der Waals surface area contributed by atoms with Crippen LogP contribution < -0.4 is 0 Å². The molecular weight excluding hydrogens is 176 g/mol. The van der Waals surface area contributed by atoms with Crippen LogP contribution in [0.15, 0.2) is 0 Å². The summed E-state index contributed by atoms with van der Waals surface area (Å²) in [5.74, 6) is 0. The molecule has 0 saturated carbocycles. The van der Waals surface area contributed by atoms with Crippen LogP contribution in [0.4, 0.5) is 0 Å². The lowest BCUT2D eigenvalue weighted by Crippen LogP contribution is -2.25. The molecule has 0 bridgehead atoms. The van der Waals surface area contributed by atoms with E-state index in [1.807, 2.05) is 0 Å². The standard InChI is InChI=1S/C8H14O3S/c1-12-7(9)3-4-8-10-5-2-6-11-8/h8H,2-6H2,1H3. The zero-order valence-electron chi connectivity index (χ0n) is 7.25. The van der Waals surface area contributed by atoms with Crippen molar-refractivity contribution in [3.8, 4) is 0 Å². The van der Waals surface area contributed by atoms with Crippen molar-refractivity contribution in [1.29, 1.82) is 0 Å². The first-order chi connectivity index (χ1) is 5.83. The van der Waals surface area contributed by atoms with Crippen molar-refractivity contribution in [2.24, 2.45) is 0 Å². The summed E-state index contributed by atoms with van der Waals surface area (Å²) in [4.78, 5) is 10.9. The highest BCUT2D eigenvalue weighted by Crippen LogP contribution is 2.12. The number of carbonyl (C=O) groups excluding carboxylic acids is 1. The van der Waals surface area contributed by atoms with Crippen molar-refractivity contribution in [2.45, 2.75) is 25.6 Å². The second-order valence-corrected chi connectivity index (χ2v) is 3.50. The highest BCUT2D eigenvalue weighted by Gasteiger charge is 2.14. The van der Waals surface area contributed by atoms with E-state index in [9.17, 15) is 4.79 Å². The molecule has 0 aromatic rings. The molecule has 0 spiro atoms. The van der Waals surface area contributed by atoms with Crippen LogP contribution in [0.2, 0.25) is 0 Å². The predicted molar refractivity (Wildman–Crippen MR) is 48.1 cm³/mol. The second-order valence-electron chi connectivity index (χ2n) is 2.64. The van der Waals surface area contributed by atoms with Crippen LogP contribution in [0, 0.1) is 0 Å². The summed E-state index contributed by atoms with van der Waals surface area (Å²) in [6, 6.07) is 0. The SMILES string of the molecule is CSC(=O)CCC1OCCCO1. The van der Waals surface area contributed by atoms with Crippen molar-refractivity contribution in [3.63, 3.8) is 0 Å². The van der Waals surface area contributed by atoms with Crippen molar-refractivity contribution in [2.75, 3.05) is 19.5 Å². The van der Waals surface area contributed by atoms with Crippen molar-refractivity contribution in [1.82, 2.24) is 0 Å². The van der Waals surface area contributed by atoms with E-state index in [-0.39, 0.29) is 11.4 Å². The highest BCUT2D eigenvalue weighted by molar-refractivity contribution is 8.13. The van der Waals surface area contributed by atoms with Gasteiger partial charge in [-0.25, -0.2) is 0 Å². The van der Waals surface area contributed by atoms with Gasteiger partial charge in [-0.1, -0.05) is 11.8 Å². The molecule has 12 heavy (non-hydrogen) atoms. The van der Waals surface area contributed by atoms with Crippen LogP contribution in [0.25, 0.3) is 0 Å². The maximum absolute atomic E-state index is 10.9. The van der Waals surface area contributed by atoms with Crippen LogP contribution in [-0.4, -0.2) is 30.9 Å². The van der Waals surface area contributed by atoms with Gasteiger partial charge in [0.15, 0.2) is 11.4 Å². The van der Waals surface area contributed by atoms with Crippen molar-refractivity contribution in [3.05, 3.63) is 0 Å². The van der Waals surface area contributed by atoms with Crippen molar-refractivity contribution < 1.29 is 14.3 Å². The summed E-state index contributed by atoms with van der Waals surface area (Å²) in [6.07, 6.45) is 3.86. The Morgan fingerprint density at radius 2 is 2.17 bits per heavy atom. The lowest BCUT2D eigenvalue weighted by atomic mass is 10.3. The van der Waals surface area contributed by atoms with Gasteiger partial charge in [-0.05, 0) is 12.7 Å². The van der Waals surface area contributed by atoms with Gasteiger partial charge in [0.2, 0.25) is 0 Å². The second kappa shape index (κ2) is 5.56. The molecule has 1 rings (SSSR count). The number of hydrogen-bond acceptors (Lipinski definition) is 4. The van der Waals surface area contributed by atoms with E-state index >= 15 is 0 Å². The first-order valence-electron chi connectivity index (χ1n) is 4.13. The topological polar surface area (TPSA) is 35.5 Å². The summed E-state index contributed by atoms with van der Waals surface area (Å²) in [5, 5.41) is 0.202. The Hall–Kier alpha value is -0.0600. The summed E-state index contributed by atoms with van der Waals surface area (Å²) < 4.78 is 10.6. The molecule has 0 N–H and O–H groups in total. The Kier molecular flexibility index (Phi) is 4.65. The van der Waals surface area contributed by atoms with E-state index < -0.39 is 0 Å². The third-order valence-electron chi connectivity index (χ3n) is 1.71. The minimum Gasteiger partial charge on any atom is -0.353 e. The Bertz CT molecular complexity index is 143. The predicted octanol–water partition coefficient (Wildman–Crippen LogP) is 1.42. The molecule has 0 aliphatic carbocycles. The third-order valence-corrected chi connectivity index (χ3v) is 2.37. The maximum atomic E-state index is 10.9. The smallest absolute Gasteiger partial charge is 0.188 e. The molecule has 4 heteroatoms. The minimum atomic E-state index is -0.144. The van der Waals surface area contributed by atoms with Gasteiger partial charge in [-0.3, -0.25) is 4.79 Å². The van der Waals surface area contributed by atoms with Gasteiger partial charge in [0.1, 0.15) is 0 Å². The molecule has 0 aromatic carbocycles. The zero-order chi connectivity index (χ0) is 8.81. The van der Waals surface area contributed by atoms with Gasteiger partial charge in [0.25, 0.3) is 0 Å². The fourth-order valence-corrected chi connectivity index (χ4v) is 1.36. The van der Waals surface area contributed by atoms with Gasteiger partial charge >= 0.3 is 0 Å². The molecule has 0 amide bonds. The molecule has 0 unspecified atom stereocenters. The summed E-state index contributed by atoms with van der Waals surface area (Å²) >= 11 is 1.26. The Labute approximate surface area is 76.8 Å². The molecule has 0 radical (unpaired) electrons. The largest absolute Gasteiger partial charge is 0.353 e. The lowest BCUT2D eigenvalue weighted by Gasteiger charge is -2.22. The van der Waals surface area contributed by atoms with Crippen molar-refractivity contribution >= 4 is 16.9 Å². The summed E-state index contributed by atoms with van der Waals surface area (Å²) in [7, 11) is 0. The molecule has 1 aliphatic rings. The normalized spacial score (nSPS) is 19.4. The molecule has 0 atom stereocenters. The fourth-order valence-electron chi connectivity index (χ4n) is 1.04. The van der Waals surface area contributed by atoms with Crippen LogP contribution in [0.5, 0.6) is 0 Å². The molecule has 70 valence electrons. The number of ether oxygens (including phenoxy) is 2. The Morgan fingerprint density at radius 1 is 1.50 bits per heavy atom. The van der Waals surface area contributed by atoms with E-state index in [0.29, 0.717) is 12.8 Å². The average molecular weight is 190 g/mol. The minimum absolute atomic E-state index is 0.144. The van der Waals surface area contributed by atoms with Gasteiger partial charge in [-0.2, -0.15) is 0 Å². The Balaban J connectivity index is 2.09. The molecule has 1 aliphatic heterocycles. The van der Waals surface area contributed by atoms with Crippen LogP contribution in [-0.2, 0) is 14.3 Å². The molecule has 3 nitrogen and oxygen atoms in total. The number of carbonyl (C=O) groups is 1. The summed E-state index contributed by atoms with van der Waals surface area (Å²) in [6.45, 7) is 1.52. The molecule has 0 aromatic heterocycles. The van der Waals surface area contributed by atoms with E-state index in [4.69, 9.17) is 9.47 Å². The Morgan fingerprint density at radius 3 is 2.75 bits per heavy atom. The van der Waals surface area contributed by atoms with Gasteiger partial charge in [0, 0.05) is 12.8 Å². The third kappa shape index (κ3) is 3.56. The van der Waals surface area contributed by atoms with E-state index in [1.54, 1.807) is 6.26 Å². The van der Waals surface area contributed by atoms with Crippen LogP contribution in [0.1, 0.15) is 19.3 Å². The first kappa shape index (κ1) is 10.0. The molecule has 1 fully saturated rings. The molecular formula is C8H14O3S. The molecule has 1 heterocycles. The van der Waals surface area contributed by atoms with E-state index in [1.165, 1.54) is 11.8 Å².